The Balaban J connectivity index is 2.29. The number of anilines is 1. The number of halogens is 1. The fraction of sp³-hybridized carbons (Fsp3) is 0.333. The number of benzene rings is 1. The summed E-state index contributed by atoms with van der Waals surface area (Å²) in [6.07, 6.45) is 1.18. The fourth-order valence-corrected chi connectivity index (χ4v) is 1.12. The molecule has 0 aliphatic rings. The SMILES string of the molecule is [CH2]C(C)CCC(=O)NNc1ccc(F)cc1. The Morgan fingerprint density at radius 2 is 2.06 bits per heavy atom. The number of carbonyl (C=O) groups is 1. The molecule has 4 heteroatoms. The summed E-state index contributed by atoms with van der Waals surface area (Å²) in [5.41, 5.74) is 5.89. The second-order valence-corrected chi connectivity index (χ2v) is 3.82. The molecule has 0 aliphatic carbocycles. The molecule has 0 aromatic heterocycles. The monoisotopic (exact) mass is 223 g/mol. The lowest BCUT2D eigenvalue weighted by Gasteiger charge is -2.09. The van der Waals surface area contributed by atoms with Crippen LogP contribution in [-0.2, 0) is 4.79 Å². The highest BCUT2D eigenvalue weighted by atomic mass is 19.1. The minimum Gasteiger partial charge on any atom is -0.299 e. The lowest BCUT2D eigenvalue weighted by molar-refractivity contribution is -0.120. The molecule has 0 heterocycles. The zero-order valence-corrected chi connectivity index (χ0v) is 9.29. The van der Waals surface area contributed by atoms with Gasteiger partial charge in [0.2, 0.25) is 5.91 Å². The van der Waals surface area contributed by atoms with Gasteiger partial charge in [-0.15, -0.1) is 0 Å². The molecule has 1 aromatic rings. The predicted octanol–water partition coefficient (Wildman–Crippen LogP) is 2.52. The van der Waals surface area contributed by atoms with Gasteiger partial charge in [-0.1, -0.05) is 13.8 Å². The second kappa shape index (κ2) is 6.10. The quantitative estimate of drug-likeness (QED) is 0.753. The standard InChI is InChI=1S/C12H16FN2O/c1-9(2)3-8-12(16)15-14-11-6-4-10(13)5-7-11/h4-7,9,14H,1,3,8H2,2H3,(H,15,16). The number of carbonyl (C=O) groups excluding carboxylic acids is 1. The molecule has 3 nitrogen and oxygen atoms in total. The van der Waals surface area contributed by atoms with Crippen molar-refractivity contribution in [2.75, 3.05) is 5.43 Å². The highest BCUT2D eigenvalue weighted by molar-refractivity contribution is 5.77. The van der Waals surface area contributed by atoms with Crippen molar-refractivity contribution in [2.45, 2.75) is 19.8 Å². The third kappa shape index (κ3) is 4.77. The van der Waals surface area contributed by atoms with E-state index in [9.17, 15) is 9.18 Å². The van der Waals surface area contributed by atoms with E-state index in [1.165, 1.54) is 12.1 Å². The molecule has 2 N–H and O–H groups in total. The smallest absolute Gasteiger partial charge is 0.238 e. The number of amides is 1. The fourth-order valence-electron chi connectivity index (χ4n) is 1.12. The summed E-state index contributed by atoms with van der Waals surface area (Å²) in [7, 11) is 0. The third-order valence-electron chi connectivity index (χ3n) is 2.05. The molecule has 0 spiro atoms. The van der Waals surface area contributed by atoms with Gasteiger partial charge < -0.3 is 0 Å². The van der Waals surface area contributed by atoms with E-state index < -0.39 is 0 Å². The Hall–Kier alpha value is -1.58. The Morgan fingerprint density at radius 3 is 2.62 bits per heavy atom. The van der Waals surface area contributed by atoms with Gasteiger partial charge in [0.25, 0.3) is 0 Å². The average molecular weight is 223 g/mol. The Kier molecular flexibility index (Phi) is 4.76. The Bertz CT molecular complexity index is 335. The average Bonchev–Trinajstić information content (AvgIpc) is 2.25. The first kappa shape index (κ1) is 12.5. The van der Waals surface area contributed by atoms with Gasteiger partial charge in [0.05, 0.1) is 5.69 Å². The molecule has 0 bridgehead atoms. The summed E-state index contributed by atoms with van der Waals surface area (Å²) >= 11 is 0. The molecule has 0 saturated heterocycles. The van der Waals surface area contributed by atoms with Gasteiger partial charge in [-0.05, 0) is 36.6 Å². The number of hydrogen-bond donors (Lipinski definition) is 2. The van der Waals surface area contributed by atoms with Crippen molar-refractivity contribution in [3.63, 3.8) is 0 Å². The number of hydrazine groups is 1. The van der Waals surface area contributed by atoms with Crippen LogP contribution in [0.4, 0.5) is 10.1 Å². The van der Waals surface area contributed by atoms with Crippen LogP contribution in [-0.4, -0.2) is 5.91 Å². The van der Waals surface area contributed by atoms with Gasteiger partial charge in [-0.2, -0.15) is 0 Å². The van der Waals surface area contributed by atoms with Crippen molar-refractivity contribution in [3.05, 3.63) is 37.0 Å². The normalized spacial score (nSPS) is 10.2. The van der Waals surface area contributed by atoms with Gasteiger partial charge in [-0.3, -0.25) is 15.6 Å². The zero-order chi connectivity index (χ0) is 12.0. The second-order valence-electron chi connectivity index (χ2n) is 3.82. The zero-order valence-electron chi connectivity index (χ0n) is 9.29. The number of hydrogen-bond acceptors (Lipinski definition) is 2. The lowest BCUT2D eigenvalue weighted by atomic mass is 10.1. The first-order valence-electron chi connectivity index (χ1n) is 5.21. The first-order chi connectivity index (χ1) is 7.58. The van der Waals surface area contributed by atoms with Crippen molar-refractivity contribution >= 4 is 11.6 Å². The lowest BCUT2D eigenvalue weighted by Crippen LogP contribution is -2.29. The molecule has 0 aliphatic heterocycles. The highest BCUT2D eigenvalue weighted by Gasteiger charge is 2.02. The van der Waals surface area contributed by atoms with Crippen molar-refractivity contribution in [3.8, 4) is 0 Å². The van der Waals surface area contributed by atoms with Crippen molar-refractivity contribution in [2.24, 2.45) is 5.92 Å². The molecule has 1 rings (SSSR count). The van der Waals surface area contributed by atoms with Crippen LogP contribution in [0.3, 0.4) is 0 Å². The summed E-state index contributed by atoms with van der Waals surface area (Å²) in [6, 6.07) is 5.76. The minimum absolute atomic E-state index is 0.0974. The third-order valence-corrected chi connectivity index (χ3v) is 2.05. The van der Waals surface area contributed by atoms with Gasteiger partial charge in [-0.25, -0.2) is 4.39 Å². The van der Waals surface area contributed by atoms with Crippen molar-refractivity contribution in [1.82, 2.24) is 5.43 Å². The van der Waals surface area contributed by atoms with E-state index in [2.05, 4.69) is 17.8 Å². The summed E-state index contributed by atoms with van der Waals surface area (Å²) in [5, 5.41) is 0. The Morgan fingerprint density at radius 1 is 1.44 bits per heavy atom. The minimum atomic E-state index is -0.303. The topological polar surface area (TPSA) is 41.1 Å². The summed E-state index contributed by atoms with van der Waals surface area (Å²) in [5.74, 6) is -0.140. The highest BCUT2D eigenvalue weighted by Crippen LogP contribution is 2.07. The summed E-state index contributed by atoms with van der Waals surface area (Å²) < 4.78 is 12.6. The van der Waals surface area contributed by atoms with Crippen LogP contribution in [0.2, 0.25) is 0 Å². The van der Waals surface area contributed by atoms with Gasteiger partial charge in [0.1, 0.15) is 5.82 Å². The van der Waals surface area contributed by atoms with E-state index in [4.69, 9.17) is 0 Å². The molecule has 87 valence electrons. The maximum Gasteiger partial charge on any atom is 0.238 e. The van der Waals surface area contributed by atoms with Crippen molar-refractivity contribution in [1.29, 1.82) is 0 Å². The van der Waals surface area contributed by atoms with E-state index in [-0.39, 0.29) is 17.6 Å². The molecule has 0 saturated carbocycles. The van der Waals surface area contributed by atoms with E-state index >= 15 is 0 Å². The van der Waals surface area contributed by atoms with Gasteiger partial charge in [0, 0.05) is 6.42 Å². The molecule has 0 fully saturated rings. The maximum atomic E-state index is 12.6. The van der Waals surface area contributed by atoms with Crippen LogP contribution in [0.15, 0.2) is 24.3 Å². The number of rotatable bonds is 5. The van der Waals surface area contributed by atoms with E-state index in [1.54, 1.807) is 12.1 Å². The maximum absolute atomic E-state index is 12.6. The van der Waals surface area contributed by atoms with Gasteiger partial charge in [0.15, 0.2) is 0 Å². The molecule has 1 radical (unpaired) electrons. The van der Waals surface area contributed by atoms with E-state index in [0.29, 0.717) is 12.1 Å². The van der Waals surface area contributed by atoms with Crippen LogP contribution in [0.25, 0.3) is 0 Å². The van der Waals surface area contributed by atoms with E-state index in [0.717, 1.165) is 6.42 Å². The largest absolute Gasteiger partial charge is 0.299 e. The molecule has 16 heavy (non-hydrogen) atoms. The van der Waals surface area contributed by atoms with Gasteiger partial charge >= 0.3 is 0 Å². The molecule has 1 amide bonds. The molecule has 1 atom stereocenters. The van der Waals surface area contributed by atoms with Crippen LogP contribution in [0, 0.1) is 18.7 Å². The predicted molar refractivity (Wildman–Crippen MR) is 61.9 cm³/mol. The number of nitrogens with one attached hydrogen (secondary N) is 2. The summed E-state index contributed by atoms with van der Waals surface area (Å²) in [6.45, 7) is 5.76. The molecular weight excluding hydrogens is 207 g/mol. The summed E-state index contributed by atoms with van der Waals surface area (Å²) in [4.78, 5) is 11.3. The molecule has 1 unspecified atom stereocenters. The van der Waals surface area contributed by atoms with Crippen LogP contribution in [0.5, 0.6) is 0 Å². The molecular formula is C12H16FN2O. The molecule has 1 aromatic carbocycles. The van der Waals surface area contributed by atoms with Crippen LogP contribution >= 0.6 is 0 Å². The van der Waals surface area contributed by atoms with E-state index in [1.807, 2.05) is 6.92 Å². The van der Waals surface area contributed by atoms with Crippen LogP contribution < -0.4 is 10.9 Å². The van der Waals surface area contributed by atoms with Crippen molar-refractivity contribution < 1.29 is 9.18 Å². The Labute approximate surface area is 95.0 Å². The first-order valence-corrected chi connectivity index (χ1v) is 5.21. The van der Waals surface area contributed by atoms with Crippen LogP contribution in [0.1, 0.15) is 19.8 Å².